The lowest BCUT2D eigenvalue weighted by atomic mass is 10.0. The molecule has 6 aliphatic heterocycles. The third kappa shape index (κ3) is 20.5. The fraction of sp³-hybridized carbons (Fsp3) is 0.515. The summed E-state index contributed by atoms with van der Waals surface area (Å²) in [6, 6.07) is 17.3. The molecule has 6 aliphatic rings. The van der Waals surface area contributed by atoms with E-state index in [2.05, 4.69) is 10.5 Å². The summed E-state index contributed by atoms with van der Waals surface area (Å²) in [5, 5.41) is 22.1. The number of rotatable bonds is 21. The molecule has 3 saturated heterocycles. The van der Waals surface area contributed by atoms with Gasteiger partial charge < -0.3 is 72.8 Å². The zero-order valence-electron chi connectivity index (χ0n) is 56.0. The van der Waals surface area contributed by atoms with E-state index in [9.17, 15) is 47.9 Å². The lowest BCUT2D eigenvalue weighted by Gasteiger charge is -2.32. The Balaban J connectivity index is 0.000000187. The molecule has 3 aromatic carbocycles. The minimum Gasteiger partial charge on any atom is -0.464 e. The van der Waals surface area contributed by atoms with Crippen molar-refractivity contribution in [1.29, 1.82) is 10.8 Å². The van der Waals surface area contributed by atoms with E-state index in [0.29, 0.717) is 144 Å². The molecule has 10 rings (SSSR count). The van der Waals surface area contributed by atoms with Gasteiger partial charge in [0.15, 0.2) is 0 Å². The zero-order valence-corrected chi connectivity index (χ0v) is 56.0. The van der Waals surface area contributed by atoms with Crippen molar-refractivity contribution in [3.63, 3.8) is 0 Å². The van der Waals surface area contributed by atoms with Gasteiger partial charge in [-0.2, -0.15) is 0 Å². The molecular weight excluding hydrogens is 1260 g/mol. The van der Waals surface area contributed by atoms with Crippen molar-refractivity contribution in [3.05, 3.63) is 111 Å². The minimum atomic E-state index is -0.730. The van der Waals surface area contributed by atoms with E-state index in [4.69, 9.17) is 54.2 Å². The van der Waals surface area contributed by atoms with Gasteiger partial charge in [0.25, 0.3) is 17.7 Å². The summed E-state index contributed by atoms with van der Waals surface area (Å²) >= 11 is 0. The molecule has 3 fully saturated rings. The van der Waals surface area contributed by atoms with Crippen LogP contribution in [-0.2, 0) is 81.6 Å². The second-order valence-corrected chi connectivity index (χ2v) is 24.9. The van der Waals surface area contributed by atoms with Crippen LogP contribution in [0.5, 0.6) is 0 Å². The van der Waals surface area contributed by atoms with Gasteiger partial charge in [0.1, 0.15) is 68.2 Å². The van der Waals surface area contributed by atoms with E-state index < -0.39 is 17.7 Å². The van der Waals surface area contributed by atoms with E-state index in [1.807, 2.05) is 25.1 Å². The SMILES string of the molecule is CCOC(=O)COC1CCN(C(=O)CN2Cc3cc(-c4cc(C)on4)ccc3C2=O)CC1.CCOC(=O)COC1CCN(C(=O)CN2Cc3cc(C(=N)N)ccc3C2=O)CC1.CCOC(=O)COC1CCN(C(=O)CN2Cc3cc(C(=N)NC(=O)OC(C)(C)C)ccc3C2=O)CC1. The minimum absolute atomic E-state index is 0.0112. The number of amidine groups is 2. The number of alkyl carbamates (subject to hydrolysis) is 1. The van der Waals surface area contributed by atoms with Gasteiger partial charge in [-0.05, 0) is 140 Å². The summed E-state index contributed by atoms with van der Waals surface area (Å²) in [5.41, 5.74) is 11.4. The van der Waals surface area contributed by atoms with Crippen molar-refractivity contribution in [1.82, 2.24) is 39.9 Å². The molecule has 0 aliphatic carbocycles. The molecule has 4 aromatic rings. The van der Waals surface area contributed by atoms with Crippen molar-refractivity contribution in [2.24, 2.45) is 5.73 Å². The number of nitrogen functional groups attached to an aromatic ring is 1. The summed E-state index contributed by atoms with van der Waals surface area (Å²) < 4.78 is 41.6. The van der Waals surface area contributed by atoms with E-state index >= 15 is 0 Å². The first-order chi connectivity index (χ1) is 46.3. The third-order valence-corrected chi connectivity index (χ3v) is 16.7. The molecule has 0 spiro atoms. The Hall–Kier alpha value is -9.61. The zero-order chi connectivity index (χ0) is 70.1. The average Bonchev–Trinajstić information content (AvgIpc) is 1.67. The number of amides is 7. The highest BCUT2D eigenvalue weighted by atomic mass is 16.6. The van der Waals surface area contributed by atoms with Crippen LogP contribution in [0.3, 0.4) is 0 Å². The molecule has 97 heavy (non-hydrogen) atoms. The highest BCUT2D eigenvalue weighted by molar-refractivity contribution is 6.07. The summed E-state index contributed by atoms with van der Waals surface area (Å²) in [6.07, 6.45) is 2.81. The second-order valence-electron chi connectivity index (χ2n) is 24.9. The number of esters is 3. The van der Waals surface area contributed by atoms with E-state index in [1.165, 1.54) is 9.80 Å². The lowest BCUT2D eigenvalue weighted by Crippen LogP contribution is -2.45. The van der Waals surface area contributed by atoms with E-state index in [1.54, 1.807) is 104 Å². The van der Waals surface area contributed by atoms with Crippen molar-refractivity contribution >= 4 is 71.1 Å². The number of likely N-dealkylation sites (tertiary alicyclic amines) is 3. The van der Waals surface area contributed by atoms with Crippen molar-refractivity contribution < 1.29 is 85.6 Å². The molecule has 0 saturated carbocycles. The predicted octanol–water partition coefficient (Wildman–Crippen LogP) is 4.74. The van der Waals surface area contributed by atoms with Gasteiger partial charge in [-0.3, -0.25) is 44.9 Å². The standard InChI is InChI=1S/C25H34N4O7.C23H27N3O6.C20H26N4O5/c1-5-34-21(31)15-35-18-8-10-28(11-9-18)20(30)14-29-13-17-12-16(6-7-19(17)23(29)32)22(26)27-24(33)36-25(2,3)4;1-3-30-22(28)14-31-18-6-8-25(9-7-18)21(27)13-26-12-17-11-16(4-5-19(17)23(26)29)20-10-15(2)32-24-20;1-2-28-18(26)12-29-15-5-7-23(8-6-15)17(25)11-24-10-14-9-13(19(21)22)3-4-16(14)20(24)27/h6-7,12,18H,5,8-11,13-15H2,1-4H3,(H2,26,27,33);4-5,10-11,18H,3,6-9,12-14H2,1-2H3;3-4,9,15H,2,5-8,10-12H2,1H3,(H3,21,22). The molecule has 1 aromatic heterocycles. The van der Waals surface area contributed by atoms with Gasteiger partial charge in [-0.25, -0.2) is 19.2 Å². The number of aromatic nitrogens is 1. The Labute approximate surface area is 562 Å². The maximum Gasteiger partial charge on any atom is 0.413 e. The number of piperidine rings is 3. The first-order valence-electron chi connectivity index (χ1n) is 32.6. The van der Waals surface area contributed by atoms with Crippen LogP contribution in [0, 0.1) is 17.7 Å². The number of nitrogens with two attached hydrogens (primary N) is 1. The van der Waals surface area contributed by atoms with E-state index in [0.717, 1.165) is 28.1 Å². The number of nitrogens with one attached hydrogen (secondary N) is 3. The molecule has 522 valence electrons. The highest BCUT2D eigenvalue weighted by Gasteiger charge is 2.36. The van der Waals surface area contributed by atoms with Gasteiger partial charge in [0.2, 0.25) is 17.7 Å². The topological polar surface area (TPSA) is 367 Å². The molecule has 29 nitrogen and oxygen atoms in total. The molecule has 0 atom stereocenters. The summed E-state index contributed by atoms with van der Waals surface area (Å²) in [6.45, 7) is 17.0. The maximum absolute atomic E-state index is 12.8. The Kier molecular flexibility index (Phi) is 25.6. The van der Waals surface area contributed by atoms with E-state index in [-0.39, 0.29) is 123 Å². The number of carbonyl (C=O) groups is 10. The fourth-order valence-corrected chi connectivity index (χ4v) is 11.8. The van der Waals surface area contributed by atoms with Gasteiger partial charge in [-0.15, -0.1) is 0 Å². The van der Waals surface area contributed by atoms with Crippen LogP contribution < -0.4 is 11.1 Å². The fourth-order valence-electron chi connectivity index (χ4n) is 11.8. The van der Waals surface area contributed by atoms with Gasteiger partial charge in [0.05, 0.1) is 38.1 Å². The number of aryl methyl sites for hydroxylation is 1. The van der Waals surface area contributed by atoms with Crippen LogP contribution in [0.15, 0.2) is 65.2 Å². The molecule has 0 radical (unpaired) electrons. The molecule has 5 N–H and O–H groups in total. The number of nitrogens with zero attached hydrogens (tertiary/aromatic N) is 7. The molecule has 0 bridgehead atoms. The maximum atomic E-state index is 12.8. The number of hydrogen-bond acceptors (Lipinski definition) is 21. The molecule has 7 amide bonds. The third-order valence-electron chi connectivity index (χ3n) is 16.7. The second kappa shape index (κ2) is 33.9. The largest absolute Gasteiger partial charge is 0.464 e. The first kappa shape index (κ1) is 73.2. The normalized spacial score (nSPS) is 16.3. The van der Waals surface area contributed by atoms with Crippen LogP contribution in [0.2, 0.25) is 0 Å². The number of ether oxygens (including phenoxy) is 7. The first-order valence-corrected chi connectivity index (χ1v) is 32.6. The van der Waals surface area contributed by atoms with Crippen LogP contribution in [0.1, 0.15) is 145 Å². The van der Waals surface area contributed by atoms with Crippen molar-refractivity contribution in [3.8, 4) is 11.3 Å². The van der Waals surface area contributed by atoms with Crippen molar-refractivity contribution in [2.45, 2.75) is 131 Å². The number of benzene rings is 3. The molecule has 0 unspecified atom stereocenters. The molecule has 29 heteroatoms. The Morgan fingerprint density at radius 3 is 1.26 bits per heavy atom. The van der Waals surface area contributed by atoms with Gasteiger partial charge in [-0.1, -0.05) is 23.4 Å². The van der Waals surface area contributed by atoms with Gasteiger partial charge >= 0.3 is 24.0 Å². The number of fused-ring (bicyclic) bond motifs is 3. The van der Waals surface area contributed by atoms with Crippen LogP contribution in [0.4, 0.5) is 4.79 Å². The Morgan fingerprint density at radius 2 is 0.907 bits per heavy atom. The quantitative estimate of drug-likeness (QED) is 0.0379. The smallest absolute Gasteiger partial charge is 0.413 e. The monoisotopic (exact) mass is 1350 g/mol. The predicted molar refractivity (Wildman–Crippen MR) is 348 cm³/mol. The van der Waals surface area contributed by atoms with Crippen molar-refractivity contribution in [2.75, 3.05) is 98.5 Å². The van der Waals surface area contributed by atoms with Crippen LogP contribution in [-0.4, -0.2) is 228 Å². The van der Waals surface area contributed by atoms with Gasteiger partial charge in [0, 0.05) is 98.3 Å². The number of hydrogen-bond donors (Lipinski definition) is 4. The Morgan fingerprint density at radius 1 is 0.546 bits per heavy atom. The summed E-state index contributed by atoms with van der Waals surface area (Å²) in [7, 11) is 0. The van der Waals surface area contributed by atoms with Crippen LogP contribution >= 0.6 is 0 Å². The summed E-state index contributed by atoms with van der Waals surface area (Å²) in [5.74, 6) is -1.54. The Bertz CT molecular complexity index is 3580. The molecular formula is C68H87N11O18. The molecule has 7 heterocycles. The average molecular weight is 1350 g/mol. The lowest BCUT2D eigenvalue weighted by molar-refractivity contribution is -0.152. The van der Waals surface area contributed by atoms with Crippen LogP contribution in [0.25, 0.3) is 11.3 Å². The summed E-state index contributed by atoms with van der Waals surface area (Å²) in [4.78, 5) is 132. The number of carbonyl (C=O) groups excluding carboxylic acids is 10. The highest BCUT2D eigenvalue weighted by Crippen LogP contribution is 2.30.